The Kier molecular flexibility index (Phi) is 7.09. The SMILES string of the molecule is CC(C)N(CCCC(=O)O)CC1CCCN(S(C)(=O)=O)C1. The Balaban J connectivity index is 2.52. The normalized spacial score (nSPS) is 21.1. The first kappa shape index (κ1) is 18.4. The van der Waals surface area contributed by atoms with E-state index in [1.807, 2.05) is 0 Å². The molecule has 1 aliphatic rings. The van der Waals surface area contributed by atoms with Crippen LogP contribution in [0.1, 0.15) is 39.5 Å². The molecule has 0 aromatic rings. The smallest absolute Gasteiger partial charge is 0.303 e. The van der Waals surface area contributed by atoms with Crippen molar-refractivity contribution in [2.45, 2.75) is 45.6 Å². The summed E-state index contributed by atoms with van der Waals surface area (Å²) in [4.78, 5) is 12.9. The molecule has 1 heterocycles. The lowest BCUT2D eigenvalue weighted by molar-refractivity contribution is -0.137. The van der Waals surface area contributed by atoms with Gasteiger partial charge in [-0.05, 0) is 45.6 Å². The number of piperidine rings is 1. The van der Waals surface area contributed by atoms with Crippen molar-refractivity contribution in [2.75, 3.05) is 32.4 Å². The van der Waals surface area contributed by atoms with E-state index in [0.717, 1.165) is 25.9 Å². The predicted molar refractivity (Wildman–Crippen MR) is 82.7 cm³/mol. The predicted octanol–water partition coefficient (Wildman–Crippen LogP) is 1.23. The van der Waals surface area contributed by atoms with E-state index in [9.17, 15) is 13.2 Å². The maximum atomic E-state index is 11.6. The van der Waals surface area contributed by atoms with Crippen LogP contribution < -0.4 is 0 Å². The molecule has 1 N–H and O–H groups in total. The quantitative estimate of drug-likeness (QED) is 0.728. The van der Waals surface area contributed by atoms with Gasteiger partial charge in [0.2, 0.25) is 10.0 Å². The molecular formula is C14H28N2O4S. The lowest BCUT2D eigenvalue weighted by Gasteiger charge is -2.36. The minimum atomic E-state index is -3.11. The molecule has 0 aromatic carbocycles. The zero-order chi connectivity index (χ0) is 16.0. The van der Waals surface area contributed by atoms with Crippen LogP contribution in [0.15, 0.2) is 0 Å². The maximum absolute atomic E-state index is 11.6. The molecule has 1 rings (SSSR count). The molecule has 1 saturated heterocycles. The van der Waals surface area contributed by atoms with Crippen molar-refractivity contribution in [3.63, 3.8) is 0 Å². The molecule has 1 fully saturated rings. The molecule has 6 nitrogen and oxygen atoms in total. The van der Waals surface area contributed by atoms with Gasteiger partial charge in [-0.15, -0.1) is 0 Å². The molecule has 1 aliphatic heterocycles. The van der Waals surface area contributed by atoms with Gasteiger partial charge in [-0.1, -0.05) is 0 Å². The Bertz CT molecular complexity index is 436. The van der Waals surface area contributed by atoms with Crippen LogP contribution in [0.25, 0.3) is 0 Å². The van der Waals surface area contributed by atoms with Gasteiger partial charge in [0.25, 0.3) is 0 Å². The number of hydrogen-bond acceptors (Lipinski definition) is 4. The molecule has 124 valence electrons. The molecule has 0 radical (unpaired) electrons. The zero-order valence-corrected chi connectivity index (χ0v) is 14.1. The Morgan fingerprint density at radius 1 is 1.43 bits per heavy atom. The van der Waals surface area contributed by atoms with E-state index in [2.05, 4.69) is 18.7 Å². The molecule has 0 aliphatic carbocycles. The fourth-order valence-electron chi connectivity index (χ4n) is 2.80. The van der Waals surface area contributed by atoms with Crippen LogP contribution in [0, 0.1) is 5.92 Å². The first-order valence-electron chi connectivity index (χ1n) is 7.61. The van der Waals surface area contributed by atoms with Gasteiger partial charge in [-0.25, -0.2) is 12.7 Å². The average molecular weight is 320 g/mol. The number of rotatable bonds is 8. The highest BCUT2D eigenvalue weighted by Gasteiger charge is 2.27. The summed E-state index contributed by atoms with van der Waals surface area (Å²) in [6.07, 6.45) is 4.02. The van der Waals surface area contributed by atoms with E-state index < -0.39 is 16.0 Å². The first-order valence-corrected chi connectivity index (χ1v) is 9.46. The first-order chi connectivity index (χ1) is 9.70. The Hall–Kier alpha value is -0.660. The lowest BCUT2D eigenvalue weighted by Crippen LogP contribution is -2.45. The van der Waals surface area contributed by atoms with E-state index in [-0.39, 0.29) is 6.42 Å². The van der Waals surface area contributed by atoms with E-state index in [1.54, 1.807) is 4.31 Å². The molecule has 0 saturated carbocycles. The standard InChI is InChI=1S/C14H28N2O4S/c1-12(2)15(8-5-7-14(17)18)10-13-6-4-9-16(11-13)21(3,19)20/h12-13H,4-11H2,1-3H3,(H,17,18). The van der Waals surface area contributed by atoms with Crippen molar-refractivity contribution < 1.29 is 18.3 Å². The Labute approximate surface area is 128 Å². The largest absolute Gasteiger partial charge is 0.481 e. The van der Waals surface area contributed by atoms with E-state index in [0.29, 0.717) is 31.5 Å². The third-order valence-corrected chi connectivity index (χ3v) is 5.28. The summed E-state index contributed by atoms with van der Waals surface area (Å²) in [5.74, 6) is -0.430. The monoisotopic (exact) mass is 320 g/mol. The number of carboxylic acids is 1. The number of sulfonamides is 1. The van der Waals surface area contributed by atoms with Gasteiger partial charge in [-0.3, -0.25) is 4.79 Å². The molecule has 1 unspecified atom stereocenters. The molecule has 0 aromatic heterocycles. The van der Waals surface area contributed by atoms with Crippen molar-refractivity contribution in [2.24, 2.45) is 5.92 Å². The molecule has 0 bridgehead atoms. The van der Waals surface area contributed by atoms with Crippen LogP contribution in [0.3, 0.4) is 0 Å². The van der Waals surface area contributed by atoms with Crippen molar-refractivity contribution >= 4 is 16.0 Å². The highest BCUT2D eigenvalue weighted by atomic mass is 32.2. The zero-order valence-electron chi connectivity index (χ0n) is 13.3. The highest BCUT2D eigenvalue weighted by molar-refractivity contribution is 7.88. The van der Waals surface area contributed by atoms with Gasteiger partial charge in [0, 0.05) is 32.1 Å². The third kappa shape index (κ3) is 6.76. The van der Waals surface area contributed by atoms with Crippen molar-refractivity contribution in [3.8, 4) is 0 Å². The van der Waals surface area contributed by atoms with Crippen LogP contribution in [0.2, 0.25) is 0 Å². The Morgan fingerprint density at radius 2 is 2.10 bits per heavy atom. The number of carbonyl (C=O) groups is 1. The van der Waals surface area contributed by atoms with Gasteiger partial charge in [-0.2, -0.15) is 0 Å². The van der Waals surface area contributed by atoms with Gasteiger partial charge in [0.15, 0.2) is 0 Å². The fraction of sp³-hybridized carbons (Fsp3) is 0.929. The van der Waals surface area contributed by atoms with E-state index >= 15 is 0 Å². The molecule has 7 heteroatoms. The van der Waals surface area contributed by atoms with Crippen molar-refractivity contribution in [1.82, 2.24) is 9.21 Å². The van der Waals surface area contributed by atoms with E-state index in [4.69, 9.17) is 5.11 Å². The van der Waals surface area contributed by atoms with Gasteiger partial charge >= 0.3 is 5.97 Å². The molecule has 21 heavy (non-hydrogen) atoms. The second-order valence-electron chi connectivity index (χ2n) is 6.22. The molecular weight excluding hydrogens is 292 g/mol. The summed E-state index contributed by atoms with van der Waals surface area (Å²) >= 11 is 0. The second-order valence-corrected chi connectivity index (χ2v) is 8.20. The van der Waals surface area contributed by atoms with Crippen LogP contribution in [-0.4, -0.2) is 67.2 Å². The van der Waals surface area contributed by atoms with E-state index in [1.165, 1.54) is 6.26 Å². The molecule has 1 atom stereocenters. The minimum absolute atomic E-state index is 0.184. The summed E-state index contributed by atoms with van der Waals surface area (Å²) in [6, 6.07) is 0.340. The maximum Gasteiger partial charge on any atom is 0.303 e. The summed E-state index contributed by atoms with van der Waals surface area (Å²) in [5, 5.41) is 8.72. The van der Waals surface area contributed by atoms with Crippen LogP contribution in [0.5, 0.6) is 0 Å². The second kappa shape index (κ2) is 8.10. The summed E-state index contributed by atoms with van der Waals surface area (Å²) < 4.78 is 24.9. The number of aliphatic carboxylic acids is 1. The minimum Gasteiger partial charge on any atom is -0.481 e. The Morgan fingerprint density at radius 3 is 2.62 bits per heavy atom. The van der Waals surface area contributed by atoms with Gasteiger partial charge < -0.3 is 10.0 Å². The fourth-order valence-corrected chi connectivity index (χ4v) is 3.74. The lowest BCUT2D eigenvalue weighted by atomic mass is 9.98. The topological polar surface area (TPSA) is 77.9 Å². The van der Waals surface area contributed by atoms with Crippen molar-refractivity contribution in [3.05, 3.63) is 0 Å². The molecule has 0 spiro atoms. The van der Waals surface area contributed by atoms with Gasteiger partial charge in [0.05, 0.1) is 6.26 Å². The number of hydrogen-bond donors (Lipinski definition) is 1. The van der Waals surface area contributed by atoms with Gasteiger partial charge in [0.1, 0.15) is 0 Å². The highest BCUT2D eigenvalue weighted by Crippen LogP contribution is 2.20. The molecule has 0 amide bonds. The summed E-state index contributed by atoms with van der Waals surface area (Å²) in [5.41, 5.74) is 0. The van der Waals surface area contributed by atoms with Crippen LogP contribution in [-0.2, 0) is 14.8 Å². The summed E-state index contributed by atoms with van der Waals surface area (Å²) in [6.45, 7) is 6.98. The van der Waals surface area contributed by atoms with Crippen LogP contribution in [0.4, 0.5) is 0 Å². The average Bonchev–Trinajstić information content (AvgIpc) is 2.36. The summed E-state index contributed by atoms with van der Waals surface area (Å²) in [7, 11) is -3.11. The number of nitrogens with zero attached hydrogens (tertiary/aromatic N) is 2. The number of carboxylic acid groups (broad SMARTS) is 1. The third-order valence-electron chi connectivity index (χ3n) is 4.01. The van der Waals surface area contributed by atoms with Crippen LogP contribution >= 0.6 is 0 Å². The van der Waals surface area contributed by atoms with Crippen molar-refractivity contribution in [1.29, 1.82) is 0 Å².